The summed E-state index contributed by atoms with van der Waals surface area (Å²) in [6.07, 6.45) is 3.66. The van der Waals surface area contributed by atoms with Crippen molar-refractivity contribution in [1.29, 1.82) is 0 Å². The lowest BCUT2D eigenvalue weighted by atomic mass is 9.95. The number of para-hydroxylation sites is 2. The van der Waals surface area contributed by atoms with E-state index in [0.29, 0.717) is 13.1 Å². The lowest BCUT2D eigenvalue weighted by Gasteiger charge is -2.32. The quantitative estimate of drug-likeness (QED) is 0.823. The molecular weight excluding hydrogens is 356 g/mol. The Morgan fingerprint density at radius 1 is 1.11 bits per heavy atom. The number of hydrogen-bond donors (Lipinski definition) is 1. The van der Waals surface area contributed by atoms with Gasteiger partial charge in [-0.05, 0) is 50.9 Å². The van der Waals surface area contributed by atoms with Gasteiger partial charge in [-0.2, -0.15) is 8.78 Å². The second kappa shape index (κ2) is 9.12. The first-order valence-corrected chi connectivity index (χ1v) is 9.38. The number of alkyl halides is 2. The summed E-state index contributed by atoms with van der Waals surface area (Å²) in [4.78, 5) is 28.7. The van der Waals surface area contributed by atoms with Gasteiger partial charge in [0.25, 0.3) is 0 Å². The largest absolute Gasteiger partial charge is 0.433 e. The molecule has 2 aliphatic heterocycles. The molecule has 3 rings (SSSR count). The van der Waals surface area contributed by atoms with Crippen molar-refractivity contribution >= 4 is 17.5 Å². The molecule has 0 saturated carbocycles. The molecule has 0 aliphatic carbocycles. The van der Waals surface area contributed by atoms with E-state index >= 15 is 0 Å². The normalized spacial score (nSPS) is 18.7. The molecule has 2 amide bonds. The summed E-state index contributed by atoms with van der Waals surface area (Å²) >= 11 is 0. The van der Waals surface area contributed by atoms with Crippen molar-refractivity contribution in [3.63, 3.8) is 0 Å². The Labute approximate surface area is 157 Å². The number of rotatable bonds is 6. The SMILES string of the molecule is O=C(CN1CCC(C(=O)N2CCCC2)CC1)Nc1ccccc1OC(F)F. The molecule has 0 spiro atoms. The summed E-state index contributed by atoms with van der Waals surface area (Å²) in [7, 11) is 0. The first-order chi connectivity index (χ1) is 13.0. The van der Waals surface area contributed by atoms with Gasteiger partial charge in [0, 0.05) is 19.0 Å². The van der Waals surface area contributed by atoms with Crippen LogP contribution in [0.2, 0.25) is 0 Å². The Kier molecular flexibility index (Phi) is 6.60. The highest BCUT2D eigenvalue weighted by Gasteiger charge is 2.30. The van der Waals surface area contributed by atoms with Crippen molar-refractivity contribution in [2.75, 3.05) is 38.0 Å². The van der Waals surface area contributed by atoms with E-state index in [0.717, 1.165) is 38.8 Å². The molecule has 2 heterocycles. The summed E-state index contributed by atoms with van der Waals surface area (Å²) in [5.74, 6) is -0.0577. The van der Waals surface area contributed by atoms with E-state index in [1.165, 1.54) is 12.1 Å². The van der Waals surface area contributed by atoms with Crippen LogP contribution in [0.5, 0.6) is 5.75 Å². The van der Waals surface area contributed by atoms with Crippen LogP contribution in [-0.4, -0.2) is 60.9 Å². The standard InChI is InChI=1S/C19H25F2N3O3/c20-19(21)27-16-6-2-1-5-15(16)22-17(25)13-23-11-7-14(8-12-23)18(26)24-9-3-4-10-24/h1-2,5-6,14,19H,3-4,7-13H2,(H,22,25). The number of amides is 2. The Bertz CT molecular complexity index is 657. The van der Waals surface area contributed by atoms with Gasteiger partial charge in [-0.25, -0.2) is 0 Å². The number of carbonyl (C=O) groups excluding carboxylic acids is 2. The third-order valence-electron chi connectivity index (χ3n) is 5.10. The molecular formula is C19H25F2N3O3. The smallest absolute Gasteiger partial charge is 0.387 e. The average molecular weight is 381 g/mol. The molecule has 148 valence electrons. The predicted octanol–water partition coefficient (Wildman–Crippen LogP) is 2.56. The number of hydrogen-bond acceptors (Lipinski definition) is 4. The van der Waals surface area contributed by atoms with Gasteiger partial charge < -0.3 is 15.0 Å². The van der Waals surface area contributed by atoms with Crippen LogP contribution in [0, 0.1) is 5.92 Å². The predicted molar refractivity (Wildman–Crippen MR) is 96.7 cm³/mol. The minimum Gasteiger partial charge on any atom is -0.433 e. The highest BCUT2D eigenvalue weighted by Crippen LogP contribution is 2.26. The monoisotopic (exact) mass is 381 g/mol. The van der Waals surface area contributed by atoms with Crippen LogP contribution in [0.3, 0.4) is 0 Å². The molecule has 0 unspecified atom stereocenters. The second-order valence-corrected chi connectivity index (χ2v) is 7.01. The van der Waals surface area contributed by atoms with Crippen LogP contribution in [0.1, 0.15) is 25.7 Å². The first kappa shape index (κ1) is 19.5. The molecule has 2 saturated heterocycles. The van der Waals surface area contributed by atoms with Crippen LogP contribution in [0.15, 0.2) is 24.3 Å². The van der Waals surface area contributed by atoms with E-state index < -0.39 is 6.61 Å². The van der Waals surface area contributed by atoms with Crippen molar-refractivity contribution in [3.05, 3.63) is 24.3 Å². The van der Waals surface area contributed by atoms with Gasteiger partial charge in [-0.1, -0.05) is 12.1 Å². The number of nitrogens with one attached hydrogen (secondary N) is 1. The Balaban J connectivity index is 1.46. The molecule has 0 aromatic heterocycles. The zero-order chi connectivity index (χ0) is 19.2. The zero-order valence-corrected chi connectivity index (χ0v) is 15.2. The van der Waals surface area contributed by atoms with Gasteiger partial charge in [0.2, 0.25) is 11.8 Å². The van der Waals surface area contributed by atoms with Crippen molar-refractivity contribution in [2.24, 2.45) is 5.92 Å². The zero-order valence-electron chi connectivity index (χ0n) is 15.2. The van der Waals surface area contributed by atoms with E-state index in [1.807, 2.05) is 9.80 Å². The van der Waals surface area contributed by atoms with Crippen LogP contribution < -0.4 is 10.1 Å². The lowest BCUT2D eigenvalue weighted by Crippen LogP contribution is -2.43. The van der Waals surface area contributed by atoms with Crippen molar-refractivity contribution in [2.45, 2.75) is 32.3 Å². The second-order valence-electron chi connectivity index (χ2n) is 7.01. The number of anilines is 1. The number of carbonyl (C=O) groups is 2. The molecule has 0 bridgehead atoms. The van der Waals surface area contributed by atoms with Crippen LogP contribution >= 0.6 is 0 Å². The van der Waals surface area contributed by atoms with E-state index in [-0.39, 0.29) is 35.7 Å². The maximum atomic E-state index is 12.5. The summed E-state index contributed by atoms with van der Waals surface area (Å²) in [5.41, 5.74) is 0.224. The van der Waals surface area contributed by atoms with E-state index in [2.05, 4.69) is 10.1 Å². The molecule has 1 aromatic carbocycles. The van der Waals surface area contributed by atoms with Gasteiger partial charge in [0.1, 0.15) is 5.75 Å². The minimum atomic E-state index is -2.95. The molecule has 0 radical (unpaired) electrons. The third kappa shape index (κ3) is 5.38. The number of halogens is 2. The van der Waals surface area contributed by atoms with Crippen LogP contribution in [0.25, 0.3) is 0 Å². The van der Waals surface area contributed by atoms with Gasteiger partial charge in [-0.15, -0.1) is 0 Å². The molecule has 2 fully saturated rings. The summed E-state index contributed by atoms with van der Waals surface area (Å²) in [6.45, 7) is 0.284. The molecule has 2 aliphatic rings. The van der Waals surface area contributed by atoms with E-state index in [9.17, 15) is 18.4 Å². The average Bonchev–Trinajstić information content (AvgIpc) is 3.18. The Morgan fingerprint density at radius 2 is 1.78 bits per heavy atom. The van der Waals surface area contributed by atoms with Gasteiger partial charge >= 0.3 is 6.61 Å². The molecule has 8 heteroatoms. The van der Waals surface area contributed by atoms with Gasteiger partial charge in [-0.3, -0.25) is 14.5 Å². The fraction of sp³-hybridized carbons (Fsp3) is 0.579. The number of ether oxygens (including phenoxy) is 1. The summed E-state index contributed by atoms with van der Waals surface area (Å²) < 4.78 is 29.3. The maximum absolute atomic E-state index is 12.5. The fourth-order valence-electron chi connectivity index (χ4n) is 3.70. The summed E-state index contributed by atoms with van der Waals surface area (Å²) in [6, 6.07) is 6.12. The molecule has 0 atom stereocenters. The molecule has 1 aromatic rings. The highest BCUT2D eigenvalue weighted by molar-refractivity contribution is 5.93. The minimum absolute atomic E-state index is 0.0441. The molecule has 1 N–H and O–H groups in total. The van der Waals surface area contributed by atoms with Crippen molar-refractivity contribution in [1.82, 2.24) is 9.80 Å². The number of nitrogens with zero attached hydrogens (tertiary/aromatic N) is 2. The van der Waals surface area contributed by atoms with Gasteiger partial charge in [0.15, 0.2) is 0 Å². The summed E-state index contributed by atoms with van der Waals surface area (Å²) in [5, 5.41) is 2.63. The Morgan fingerprint density at radius 3 is 2.44 bits per heavy atom. The highest BCUT2D eigenvalue weighted by atomic mass is 19.3. The third-order valence-corrected chi connectivity index (χ3v) is 5.10. The number of benzene rings is 1. The molecule has 6 nitrogen and oxygen atoms in total. The van der Waals surface area contributed by atoms with E-state index in [1.54, 1.807) is 12.1 Å². The van der Waals surface area contributed by atoms with Crippen molar-refractivity contribution < 1.29 is 23.1 Å². The van der Waals surface area contributed by atoms with Crippen molar-refractivity contribution in [3.8, 4) is 5.75 Å². The Hall–Kier alpha value is -2.22. The number of likely N-dealkylation sites (tertiary alicyclic amines) is 2. The number of piperidine rings is 1. The fourth-order valence-corrected chi connectivity index (χ4v) is 3.70. The topological polar surface area (TPSA) is 61.9 Å². The van der Waals surface area contributed by atoms with E-state index in [4.69, 9.17) is 0 Å². The van der Waals surface area contributed by atoms with Crippen LogP contribution in [-0.2, 0) is 9.59 Å². The van der Waals surface area contributed by atoms with Crippen LogP contribution in [0.4, 0.5) is 14.5 Å². The first-order valence-electron chi connectivity index (χ1n) is 9.38. The maximum Gasteiger partial charge on any atom is 0.387 e. The lowest BCUT2D eigenvalue weighted by molar-refractivity contribution is -0.136. The van der Waals surface area contributed by atoms with Gasteiger partial charge in [0.05, 0.1) is 12.2 Å². The molecule has 27 heavy (non-hydrogen) atoms.